The Hall–Kier alpha value is -2.67. The van der Waals surface area contributed by atoms with Crippen LogP contribution in [-0.4, -0.2) is 43.9 Å². The molecule has 1 aliphatic carbocycles. The molecule has 1 fully saturated rings. The molecule has 1 saturated carbocycles. The fraction of sp³-hybridized carbons (Fsp3) is 0.389. The van der Waals surface area contributed by atoms with E-state index in [0.717, 1.165) is 48.4 Å². The summed E-state index contributed by atoms with van der Waals surface area (Å²) in [5.41, 5.74) is 2.60. The van der Waals surface area contributed by atoms with Crippen LogP contribution in [0.15, 0.2) is 36.7 Å². The van der Waals surface area contributed by atoms with E-state index in [2.05, 4.69) is 20.4 Å². The van der Waals surface area contributed by atoms with E-state index in [-0.39, 0.29) is 6.10 Å². The predicted octanol–water partition coefficient (Wildman–Crippen LogP) is 2.52. The van der Waals surface area contributed by atoms with E-state index in [4.69, 9.17) is 4.74 Å². The highest BCUT2D eigenvalue weighted by molar-refractivity contribution is 5.63. The van der Waals surface area contributed by atoms with E-state index < -0.39 is 0 Å². The quantitative estimate of drug-likeness (QED) is 0.760. The average molecular weight is 339 g/mol. The Morgan fingerprint density at radius 2 is 1.92 bits per heavy atom. The molecule has 3 aromatic heterocycles. The van der Waals surface area contributed by atoms with Gasteiger partial charge in [0.05, 0.1) is 25.1 Å². The number of aliphatic hydroxyl groups is 1. The van der Waals surface area contributed by atoms with Crippen LogP contribution in [0.25, 0.3) is 16.9 Å². The van der Waals surface area contributed by atoms with Crippen molar-refractivity contribution >= 4 is 11.5 Å². The van der Waals surface area contributed by atoms with Crippen molar-refractivity contribution in [3.05, 3.63) is 36.7 Å². The molecule has 1 aliphatic rings. The van der Waals surface area contributed by atoms with Crippen molar-refractivity contribution in [2.75, 3.05) is 12.4 Å². The molecule has 0 bridgehead atoms. The molecule has 0 amide bonds. The van der Waals surface area contributed by atoms with Crippen LogP contribution in [0.2, 0.25) is 0 Å². The number of aliphatic hydroxyl groups excluding tert-OH is 1. The molecule has 0 saturated heterocycles. The number of aromatic nitrogens is 4. The molecule has 130 valence electrons. The van der Waals surface area contributed by atoms with Crippen molar-refractivity contribution in [1.82, 2.24) is 19.6 Å². The van der Waals surface area contributed by atoms with Crippen LogP contribution in [-0.2, 0) is 0 Å². The molecular weight excluding hydrogens is 318 g/mol. The summed E-state index contributed by atoms with van der Waals surface area (Å²) in [4.78, 5) is 8.67. The minimum Gasteiger partial charge on any atom is -0.481 e. The lowest BCUT2D eigenvalue weighted by atomic mass is 9.93. The SMILES string of the molecule is COc1ccc(-c2cnc3ccc(N[C@H]4CC[C@H](O)CC4)nn23)cn1. The molecule has 0 aromatic carbocycles. The van der Waals surface area contributed by atoms with Gasteiger partial charge in [0, 0.05) is 23.9 Å². The Kier molecular flexibility index (Phi) is 4.23. The van der Waals surface area contributed by atoms with Crippen LogP contribution < -0.4 is 10.1 Å². The fourth-order valence-corrected chi connectivity index (χ4v) is 3.23. The standard InChI is InChI=1S/C18H21N5O2/c1-25-18-9-2-12(10-20-18)15-11-19-17-8-7-16(22-23(15)17)21-13-3-5-14(24)6-4-13/h2,7-11,13-14,24H,3-6H2,1H3,(H,21,22)/t13-,14-. The number of nitrogens with one attached hydrogen (secondary N) is 1. The number of nitrogens with zero attached hydrogens (tertiary/aromatic N) is 4. The summed E-state index contributed by atoms with van der Waals surface area (Å²) in [6.07, 6.45) is 7.00. The zero-order chi connectivity index (χ0) is 17.2. The highest BCUT2D eigenvalue weighted by Crippen LogP contribution is 2.24. The molecule has 2 N–H and O–H groups in total. The van der Waals surface area contributed by atoms with E-state index >= 15 is 0 Å². The molecule has 4 rings (SSSR count). The lowest BCUT2D eigenvalue weighted by Gasteiger charge is -2.26. The second-order valence-corrected chi connectivity index (χ2v) is 6.37. The predicted molar refractivity (Wildman–Crippen MR) is 94.7 cm³/mol. The second-order valence-electron chi connectivity index (χ2n) is 6.37. The normalized spacial score (nSPS) is 20.6. The number of imidazole rings is 1. The lowest BCUT2D eigenvalue weighted by molar-refractivity contribution is 0.126. The molecule has 7 nitrogen and oxygen atoms in total. The summed E-state index contributed by atoms with van der Waals surface area (Å²) in [5.74, 6) is 1.39. The third kappa shape index (κ3) is 3.28. The highest BCUT2D eigenvalue weighted by Gasteiger charge is 2.19. The van der Waals surface area contributed by atoms with E-state index in [1.54, 1.807) is 19.5 Å². The zero-order valence-corrected chi connectivity index (χ0v) is 14.1. The van der Waals surface area contributed by atoms with Gasteiger partial charge in [-0.25, -0.2) is 14.5 Å². The number of fused-ring (bicyclic) bond motifs is 1. The van der Waals surface area contributed by atoms with Crippen LogP contribution in [0.5, 0.6) is 5.88 Å². The van der Waals surface area contributed by atoms with Crippen LogP contribution in [0.1, 0.15) is 25.7 Å². The van der Waals surface area contributed by atoms with Gasteiger partial charge < -0.3 is 15.2 Å². The Morgan fingerprint density at radius 3 is 2.64 bits per heavy atom. The fourth-order valence-electron chi connectivity index (χ4n) is 3.23. The molecule has 3 heterocycles. The Labute approximate surface area is 145 Å². The molecule has 3 aromatic rings. The Balaban J connectivity index is 1.60. The van der Waals surface area contributed by atoms with E-state index in [1.165, 1.54) is 0 Å². The van der Waals surface area contributed by atoms with Gasteiger partial charge in [-0.3, -0.25) is 0 Å². The van der Waals surface area contributed by atoms with Crippen molar-refractivity contribution in [2.45, 2.75) is 37.8 Å². The van der Waals surface area contributed by atoms with E-state index in [1.807, 2.05) is 28.8 Å². The molecule has 0 unspecified atom stereocenters. The van der Waals surface area contributed by atoms with Crippen LogP contribution in [0.3, 0.4) is 0 Å². The zero-order valence-electron chi connectivity index (χ0n) is 14.1. The topological polar surface area (TPSA) is 84.6 Å². The van der Waals surface area contributed by atoms with Crippen molar-refractivity contribution in [3.8, 4) is 17.1 Å². The number of methoxy groups -OCH3 is 1. The molecule has 0 spiro atoms. The molecule has 0 radical (unpaired) electrons. The van der Waals surface area contributed by atoms with Gasteiger partial charge in [-0.15, -0.1) is 5.10 Å². The maximum atomic E-state index is 9.64. The van der Waals surface area contributed by atoms with Gasteiger partial charge >= 0.3 is 0 Å². The van der Waals surface area contributed by atoms with Gasteiger partial charge in [-0.05, 0) is 43.9 Å². The molecule has 0 atom stereocenters. The summed E-state index contributed by atoms with van der Waals surface area (Å²) in [6.45, 7) is 0. The van der Waals surface area contributed by atoms with Crippen LogP contribution in [0.4, 0.5) is 5.82 Å². The van der Waals surface area contributed by atoms with Gasteiger partial charge in [0.2, 0.25) is 5.88 Å². The van der Waals surface area contributed by atoms with Crippen molar-refractivity contribution in [3.63, 3.8) is 0 Å². The molecule has 7 heteroatoms. The first kappa shape index (κ1) is 15.8. The summed E-state index contributed by atoms with van der Waals surface area (Å²) in [5, 5.41) is 17.8. The van der Waals surface area contributed by atoms with Gasteiger partial charge in [-0.2, -0.15) is 0 Å². The second kappa shape index (κ2) is 6.68. The number of ether oxygens (including phenoxy) is 1. The number of hydrogen-bond acceptors (Lipinski definition) is 6. The summed E-state index contributed by atoms with van der Waals surface area (Å²) in [7, 11) is 1.60. The molecular formula is C18H21N5O2. The smallest absolute Gasteiger partial charge is 0.212 e. The summed E-state index contributed by atoms with van der Waals surface area (Å²) in [6, 6.07) is 8.02. The molecule has 0 aliphatic heterocycles. The maximum Gasteiger partial charge on any atom is 0.212 e. The van der Waals surface area contributed by atoms with Crippen molar-refractivity contribution in [1.29, 1.82) is 0 Å². The van der Waals surface area contributed by atoms with Gasteiger partial charge in [-0.1, -0.05) is 0 Å². The minimum absolute atomic E-state index is 0.156. The third-order valence-corrected chi connectivity index (χ3v) is 4.65. The monoisotopic (exact) mass is 339 g/mol. The van der Waals surface area contributed by atoms with E-state index in [0.29, 0.717) is 11.9 Å². The van der Waals surface area contributed by atoms with Crippen molar-refractivity contribution in [2.24, 2.45) is 0 Å². The van der Waals surface area contributed by atoms with Gasteiger partial charge in [0.15, 0.2) is 5.65 Å². The first-order chi connectivity index (χ1) is 12.2. The van der Waals surface area contributed by atoms with Gasteiger partial charge in [0.1, 0.15) is 5.82 Å². The van der Waals surface area contributed by atoms with Crippen LogP contribution >= 0.6 is 0 Å². The Morgan fingerprint density at radius 1 is 1.08 bits per heavy atom. The third-order valence-electron chi connectivity index (χ3n) is 4.65. The van der Waals surface area contributed by atoms with Gasteiger partial charge in [0.25, 0.3) is 0 Å². The number of pyridine rings is 1. The maximum absolute atomic E-state index is 9.64. The first-order valence-electron chi connectivity index (χ1n) is 8.53. The van der Waals surface area contributed by atoms with Crippen LogP contribution in [0, 0.1) is 0 Å². The lowest BCUT2D eigenvalue weighted by Crippen LogP contribution is -2.28. The largest absolute Gasteiger partial charge is 0.481 e. The highest BCUT2D eigenvalue weighted by atomic mass is 16.5. The van der Waals surface area contributed by atoms with Crippen molar-refractivity contribution < 1.29 is 9.84 Å². The summed E-state index contributed by atoms with van der Waals surface area (Å²) < 4.78 is 6.93. The average Bonchev–Trinajstić information content (AvgIpc) is 3.07. The van der Waals surface area contributed by atoms with E-state index in [9.17, 15) is 5.11 Å². The number of anilines is 1. The summed E-state index contributed by atoms with van der Waals surface area (Å²) >= 11 is 0. The first-order valence-corrected chi connectivity index (χ1v) is 8.53. The Bertz CT molecular complexity index is 854. The minimum atomic E-state index is -0.156. The number of hydrogen-bond donors (Lipinski definition) is 2. The molecule has 25 heavy (non-hydrogen) atoms. The number of rotatable bonds is 4.